The molecule has 0 saturated carbocycles. The third kappa shape index (κ3) is 6.84. The Hall–Kier alpha value is -3.34. The van der Waals surface area contributed by atoms with Crippen LogP contribution in [0.5, 0.6) is 0 Å². The molecule has 2 aromatic carbocycles. The van der Waals surface area contributed by atoms with Gasteiger partial charge in [0.2, 0.25) is 5.91 Å². The summed E-state index contributed by atoms with van der Waals surface area (Å²) in [7, 11) is 0. The van der Waals surface area contributed by atoms with Crippen LogP contribution in [-0.2, 0) is 17.8 Å². The van der Waals surface area contributed by atoms with Crippen LogP contribution in [0.3, 0.4) is 0 Å². The van der Waals surface area contributed by atoms with Gasteiger partial charge in [-0.1, -0.05) is 60.7 Å². The van der Waals surface area contributed by atoms with Gasteiger partial charge in [-0.3, -0.25) is 9.59 Å². The van der Waals surface area contributed by atoms with Gasteiger partial charge < -0.3 is 14.6 Å². The van der Waals surface area contributed by atoms with Gasteiger partial charge >= 0.3 is 0 Å². The summed E-state index contributed by atoms with van der Waals surface area (Å²) in [5.74, 6) is 1.14. The van der Waals surface area contributed by atoms with Crippen molar-refractivity contribution in [3.05, 3.63) is 94.9 Å². The molecule has 3 rings (SSSR count). The van der Waals surface area contributed by atoms with Crippen molar-refractivity contribution in [3.63, 3.8) is 0 Å². The molecule has 1 aromatic heterocycles. The van der Waals surface area contributed by atoms with E-state index in [1.54, 1.807) is 17.9 Å². The molecular formula is C27H32N2O3. The van der Waals surface area contributed by atoms with Gasteiger partial charge in [0.25, 0.3) is 5.91 Å². The SMILES string of the molecule is Cc1cc(C(=O)N(CCC(=O)NC(C)CCc2ccccc2)Cc2ccccc2)c(C)o1. The van der Waals surface area contributed by atoms with Crippen LogP contribution in [0.1, 0.15) is 52.8 Å². The Morgan fingerprint density at radius 3 is 2.19 bits per heavy atom. The van der Waals surface area contributed by atoms with Crippen LogP contribution >= 0.6 is 0 Å². The predicted octanol–water partition coefficient (Wildman–Crippen LogP) is 5.07. The summed E-state index contributed by atoms with van der Waals surface area (Å²) in [5, 5.41) is 3.07. The molecule has 1 heterocycles. The highest BCUT2D eigenvalue weighted by Gasteiger charge is 2.22. The number of carbonyl (C=O) groups excluding carboxylic acids is 2. The van der Waals surface area contributed by atoms with E-state index in [9.17, 15) is 9.59 Å². The van der Waals surface area contributed by atoms with Crippen molar-refractivity contribution in [2.45, 2.75) is 52.6 Å². The fourth-order valence-corrected chi connectivity index (χ4v) is 3.75. The minimum atomic E-state index is -0.117. The number of furan rings is 1. The number of hydrogen-bond donors (Lipinski definition) is 1. The molecule has 1 atom stereocenters. The molecule has 3 aromatic rings. The van der Waals surface area contributed by atoms with Crippen molar-refractivity contribution in [1.29, 1.82) is 0 Å². The molecule has 168 valence electrons. The second-order valence-electron chi connectivity index (χ2n) is 8.28. The molecule has 0 aliphatic heterocycles. The molecule has 32 heavy (non-hydrogen) atoms. The number of amides is 2. The zero-order valence-electron chi connectivity index (χ0n) is 19.1. The van der Waals surface area contributed by atoms with Crippen molar-refractivity contribution in [1.82, 2.24) is 10.2 Å². The standard InChI is InChI=1S/C27H32N2O3/c1-20(14-15-23-10-6-4-7-11-23)28-26(30)16-17-29(19-24-12-8-5-9-13-24)27(31)25-18-21(2)32-22(25)3/h4-13,18,20H,14-17,19H2,1-3H3,(H,28,30). The molecule has 5 heteroatoms. The third-order valence-corrected chi connectivity index (χ3v) is 5.50. The molecule has 0 aliphatic rings. The van der Waals surface area contributed by atoms with Crippen LogP contribution in [-0.4, -0.2) is 29.3 Å². The van der Waals surface area contributed by atoms with Gasteiger partial charge in [-0.05, 0) is 50.8 Å². The van der Waals surface area contributed by atoms with Crippen LogP contribution in [0.4, 0.5) is 0 Å². The average Bonchev–Trinajstić information content (AvgIpc) is 3.14. The van der Waals surface area contributed by atoms with E-state index >= 15 is 0 Å². The predicted molar refractivity (Wildman–Crippen MR) is 126 cm³/mol. The van der Waals surface area contributed by atoms with Crippen molar-refractivity contribution in [2.24, 2.45) is 0 Å². The first-order valence-electron chi connectivity index (χ1n) is 11.2. The summed E-state index contributed by atoms with van der Waals surface area (Å²) in [6.07, 6.45) is 2.04. The number of aryl methyl sites for hydroxylation is 3. The van der Waals surface area contributed by atoms with Crippen molar-refractivity contribution < 1.29 is 14.0 Å². The van der Waals surface area contributed by atoms with E-state index < -0.39 is 0 Å². The van der Waals surface area contributed by atoms with E-state index in [1.807, 2.05) is 62.4 Å². The van der Waals surface area contributed by atoms with Gasteiger partial charge in [-0.15, -0.1) is 0 Å². The zero-order chi connectivity index (χ0) is 22.9. The summed E-state index contributed by atoms with van der Waals surface area (Å²) in [6, 6.07) is 21.9. The Labute approximate surface area is 190 Å². The van der Waals surface area contributed by atoms with Crippen LogP contribution in [0.15, 0.2) is 71.1 Å². The van der Waals surface area contributed by atoms with E-state index in [0.717, 1.165) is 18.4 Å². The molecule has 0 bridgehead atoms. The number of nitrogens with one attached hydrogen (secondary N) is 1. The van der Waals surface area contributed by atoms with Crippen LogP contribution in [0, 0.1) is 13.8 Å². The third-order valence-electron chi connectivity index (χ3n) is 5.50. The normalized spacial score (nSPS) is 11.7. The maximum Gasteiger partial charge on any atom is 0.257 e. The fourth-order valence-electron chi connectivity index (χ4n) is 3.75. The van der Waals surface area contributed by atoms with Gasteiger partial charge in [0.05, 0.1) is 5.56 Å². The summed E-state index contributed by atoms with van der Waals surface area (Å²) < 4.78 is 5.55. The number of rotatable bonds is 10. The Kier molecular flexibility index (Phi) is 8.26. The monoisotopic (exact) mass is 432 g/mol. The quantitative estimate of drug-likeness (QED) is 0.487. The van der Waals surface area contributed by atoms with Gasteiger partial charge in [-0.2, -0.15) is 0 Å². The van der Waals surface area contributed by atoms with Crippen LogP contribution < -0.4 is 5.32 Å². The summed E-state index contributed by atoms with van der Waals surface area (Å²) in [6.45, 7) is 6.43. The minimum absolute atomic E-state index is 0.0449. The Morgan fingerprint density at radius 1 is 0.969 bits per heavy atom. The lowest BCUT2D eigenvalue weighted by Crippen LogP contribution is -2.37. The Bertz CT molecular complexity index is 1010. The van der Waals surface area contributed by atoms with E-state index in [-0.39, 0.29) is 24.3 Å². The Balaban J connectivity index is 1.58. The van der Waals surface area contributed by atoms with E-state index in [0.29, 0.717) is 30.2 Å². The molecular weight excluding hydrogens is 400 g/mol. The lowest BCUT2D eigenvalue weighted by atomic mass is 10.1. The second kappa shape index (κ2) is 11.3. The topological polar surface area (TPSA) is 62.6 Å². The molecule has 0 saturated heterocycles. The molecule has 1 N–H and O–H groups in total. The summed E-state index contributed by atoms with van der Waals surface area (Å²) in [5.41, 5.74) is 2.84. The first-order valence-corrected chi connectivity index (χ1v) is 11.2. The highest BCUT2D eigenvalue weighted by Crippen LogP contribution is 2.18. The molecule has 0 fully saturated rings. The summed E-state index contributed by atoms with van der Waals surface area (Å²) >= 11 is 0. The number of benzene rings is 2. The second-order valence-corrected chi connectivity index (χ2v) is 8.28. The molecule has 1 unspecified atom stereocenters. The van der Waals surface area contributed by atoms with Gasteiger partial charge in [0, 0.05) is 25.6 Å². The number of hydrogen-bond acceptors (Lipinski definition) is 3. The van der Waals surface area contributed by atoms with E-state index in [1.165, 1.54) is 5.56 Å². The number of carbonyl (C=O) groups is 2. The number of nitrogens with zero attached hydrogens (tertiary/aromatic N) is 1. The highest BCUT2D eigenvalue weighted by atomic mass is 16.3. The molecule has 2 amide bonds. The zero-order valence-corrected chi connectivity index (χ0v) is 19.1. The molecule has 0 radical (unpaired) electrons. The van der Waals surface area contributed by atoms with E-state index in [2.05, 4.69) is 17.4 Å². The van der Waals surface area contributed by atoms with Gasteiger partial charge in [0.15, 0.2) is 0 Å². The molecule has 0 spiro atoms. The van der Waals surface area contributed by atoms with Crippen molar-refractivity contribution in [3.8, 4) is 0 Å². The first-order chi connectivity index (χ1) is 15.4. The maximum absolute atomic E-state index is 13.2. The fraction of sp³-hybridized carbons (Fsp3) is 0.333. The summed E-state index contributed by atoms with van der Waals surface area (Å²) in [4.78, 5) is 27.5. The van der Waals surface area contributed by atoms with Crippen LogP contribution in [0.2, 0.25) is 0 Å². The van der Waals surface area contributed by atoms with E-state index in [4.69, 9.17) is 4.42 Å². The lowest BCUT2D eigenvalue weighted by molar-refractivity contribution is -0.121. The highest BCUT2D eigenvalue weighted by molar-refractivity contribution is 5.95. The lowest BCUT2D eigenvalue weighted by Gasteiger charge is -2.23. The van der Waals surface area contributed by atoms with Gasteiger partial charge in [0.1, 0.15) is 11.5 Å². The van der Waals surface area contributed by atoms with Gasteiger partial charge in [-0.25, -0.2) is 0 Å². The molecule has 5 nitrogen and oxygen atoms in total. The smallest absolute Gasteiger partial charge is 0.257 e. The van der Waals surface area contributed by atoms with Crippen LogP contribution in [0.25, 0.3) is 0 Å². The molecule has 0 aliphatic carbocycles. The average molecular weight is 433 g/mol. The minimum Gasteiger partial charge on any atom is -0.466 e. The first kappa shape index (κ1) is 23.3. The van der Waals surface area contributed by atoms with Crippen molar-refractivity contribution in [2.75, 3.05) is 6.54 Å². The largest absolute Gasteiger partial charge is 0.466 e. The maximum atomic E-state index is 13.2. The van der Waals surface area contributed by atoms with Crippen molar-refractivity contribution >= 4 is 11.8 Å². The Morgan fingerprint density at radius 2 is 1.59 bits per heavy atom.